The zero-order valence-corrected chi connectivity index (χ0v) is 13.5. The number of fused-ring (bicyclic) bond motifs is 2. The third-order valence-electron chi connectivity index (χ3n) is 4.64. The quantitative estimate of drug-likeness (QED) is 0.939. The molecule has 2 aromatic rings. The number of para-hydroxylation sites is 1. The van der Waals surface area contributed by atoms with Crippen LogP contribution in [0.25, 0.3) is 10.9 Å². The number of rotatable bonds is 3. The van der Waals surface area contributed by atoms with Crippen LogP contribution in [0.2, 0.25) is 0 Å². The van der Waals surface area contributed by atoms with E-state index in [0.717, 1.165) is 49.7 Å². The van der Waals surface area contributed by atoms with Crippen LogP contribution in [0.3, 0.4) is 0 Å². The molecule has 4 nitrogen and oxygen atoms in total. The van der Waals surface area contributed by atoms with Gasteiger partial charge in [-0.2, -0.15) is 11.8 Å². The molecule has 0 spiro atoms. The van der Waals surface area contributed by atoms with Gasteiger partial charge >= 0.3 is 0 Å². The molecule has 4 rings (SSSR count). The molecule has 5 heteroatoms. The van der Waals surface area contributed by atoms with Gasteiger partial charge in [0.1, 0.15) is 0 Å². The van der Waals surface area contributed by atoms with E-state index in [1.54, 1.807) is 0 Å². The van der Waals surface area contributed by atoms with Crippen LogP contribution in [0.4, 0.5) is 5.69 Å². The van der Waals surface area contributed by atoms with E-state index in [-0.39, 0.29) is 6.61 Å². The third-order valence-corrected chi connectivity index (χ3v) is 5.61. The van der Waals surface area contributed by atoms with E-state index in [2.05, 4.69) is 34.1 Å². The second-order valence-electron chi connectivity index (χ2n) is 5.95. The number of aliphatic hydroxyl groups excluding tert-OH is 1. The number of benzene rings is 1. The number of hydrogen-bond acceptors (Lipinski definition) is 5. The van der Waals surface area contributed by atoms with Gasteiger partial charge in [-0.1, -0.05) is 18.2 Å². The summed E-state index contributed by atoms with van der Waals surface area (Å²) in [4.78, 5) is 9.74. The number of piperazine rings is 1. The molecule has 0 saturated carbocycles. The van der Waals surface area contributed by atoms with E-state index in [9.17, 15) is 0 Å². The average Bonchev–Trinajstić information content (AvgIpc) is 3.02. The van der Waals surface area contributed by atoms with E-state index >= 15 is 0 Å². The first-order valence-corrected chi connectivity index (χ1v) is 9.08. The second kappa shape index (κ2) is 6.07. The third kappa shape index (κ3) is 2.47. The molecule has 0 unspecified atom stereocenters. The Morgan fingerprint density at radius 2 is 1.91 bits per heavy atom. The topological polar surface area (TPSA) is 39.6 Å². The molecular formula is C17H21N3OS. The molecule has 116 valence electrons. The summed E-state index contributed by atoms with van der Waals surface area (Å²) in [6.45, 7) is 5.16. The number of β-amino-alcohol motifs (C(OH)–C–C–N with tert-alkyl or cyclic N) is 1. The number of thioether (sulfide) groups is 1. The predicted octanol–water partition coefficient (Wildman–Crippen LogP) is 2.10. The highest BCUT2D eigenvalue weighted by atomic mass is 32.2. The minimum atomic E-state index is 0.254. The van der Waals surface area contributed by atoms with E-state index in [4.69, 9.17) is 10.1 Å². The van der Waals surface area contributed by atoms with Crippen LogP contribution in [-0.2, 0) is 11.5 Å². The molecule has 0 radical (unpaired) electrons. The molecule has 2 aliphatic rings. The minimum absolute atomic E-state index is 0.254. The highest BCUT2D eigenvalue weighted by Crippen LogP contribution is 2.40. The molecule has 22 heavy (non-hydrogen) atoms. The number of nitrogens with zero attached hydrogens (tertiary/aromatic N) is 3. The first-order valence-electron chi connectivity index (χ1n) is 7.93. The van der Waals surface area contributed by atoms with Gasteiger partial charge in [-0.05, 0) is 6.07 Å². The van der Waals surface area contributed by atoms with Crippen molar-refractivity contribution in [3.05, 3.63) is 35.5 Å². The van der Waals surface area contributed by atoms with Crippen LogP contribution in [-0.4, -0.2) is 54.3 Å². The fraction of sp³-hybridized carbons (Fsp3) is 0.471. The summed E-state index contributed by atoms with van der Waals surface area (Å²) in [6, 6.07) is 8.53. The Hall–Kier alpha value is -1.30. The van der Waals surface area contributed by atoms with Crippen LogP contribution >= 0.6 is 11.8 Å². The number of pyridine rings is 1. The van der Waals surface area contributed by atoms with Crippen LogP contribution < -0.4 is 4.90 Å². The molecule has 1 aromatic heterocycles. The zero-order valence-electron chi connectivity index (χ0n) is 12.7. The molecule has 0 aliphatic carbocycles. The molecule has 3 heterocycles. The molecule has 0 atom stereocenters. The molecule has 1 saturated heterocycles. The average molecular weight is 315 g/mol. The van der Waals surface area contributed by atoms with Gasteiger partial charge in [0.05, 0.1) is 23.5 Å². The Balaban J connectivity index is 1.72. The van der Waals surface area contributed by atoms with Crippen LogP contribution in [0.5, 0.6) is 0 Å². The zero-order chi connectivity index (χ0) is 14.9. The van der Waals surface area contributed by atoms with Gasteiger partial charge in [0.2, 0.25) is 0 Å². The first kappa shape index (κ1) is 14.3. The molecular weight excluding hydrogens is 294 g/mol. The maximum atomic E-state index is 9.10. The van der Waals surface area contributed by atoms with Crippen molar-refractivity contribution < 1.29 is 5.11 Å². The van der Waals surface area contributed by atoms with Gasteiger partial charge in [0.25, 0.3) is 0 Å². The molecule has 1 N–H and O–H groups in total. The van der Waals surface area contributed by atoms with Crippen molar-refractivity contribution in [1.82, 2.24) is 9.88 Å². The first-order chi connectivity index (χ1) is 10.9. The highest BCUT2D eigenvalue weighted by Gasteiger charge is 2.25. The second-order valence-corrected chi connectivity index (χ2v) is 6.93. The van der Waals surface area contributed by atoms with Crippen molar-refractivity contribution in [2.24, 2.45) is 0 Å². The summed E-state index contributed by atoms with van der Waals surface area (Å²) in [5.41, 5.74) is 5.25. The standard InChI is InChI=1S/C17H21N3OS/c21-10-9-19-5-7-20(8-6-19)17-13-3-1-2-4-15(13)18-16-12-22-11-14(16)17/h1-4,21H,5-12H2. The van der Waals surface area contributed by atoms with Gasteiger partial charge in [0, 0.05) is 55.2 Å². The maximum Gasteiger partial charge on any atom is 0.0726 e. The summed E-state index contributed by atoms with van der Waals surface area (Å²) in [6.07, 6.45) is 0. The van der Waals surface area contributed by atoms with Gasteiger partial charge < -0.3 is 10.0 Å². The van der Waals surface area contributed by atoms with Gasteiger partial charge in [0.15, 0.2) is 0 Å². The van der Waals surface area contributed by atoms with Gasteiger partial charge in [-0.3, -0.25) is 9.88 Å². The molecule has 1 fully saturated rings. The lowest BCUT2D eigenvalue weighted by Gasteiger charge is -2.37. The largest absolute Gasteiger partial charge is 0.395 e. The molecule has 1 aromatic carbocycles. The lowest BCUT2D eigenvalue weighted by Crippen LogP contribution is -2.47. The van der Waals surface area contributed by atoms with Gasteiger partial charge in [-0.25, -0.2) is 0 Å². The van der Waals surface area contributed by atoms with E-state index in [1.807, 2.05) is 11.8 Å². The van der Waals surface area contributed by atoms with Crippen LogP contribution in [0.15, 0.2) is 24.3 Å². The minimum Gasteiger partial charge on any atom is -0.395 e. The number of aromatic nitrogens is 1. The smallest absolute Gasteiger partial charge is 0.0726 e. The Labute approximate surface area is 135 Å². The van der Waals surface area contributed by atoms with Crippen molar-refractivity contribution in [2.45, 2.75) is 11.5 Å². The lowest BCUT2D eigenvalue weighted by atomic mass is 10.1. The van der Waals surface area contributed by atoms with Crippen molar-refractivity contribution >= 4 is 28.4 Å². The summed E-state index contributed by atoms with van der Waals surface area (Å²) >= 11 is 1.97. The van der Waals surface area contributed by atoms with E-state index in [0.29, 0.717) is 0 Å². The van der Waals surface area contributed by atoms with E-state index in [1.165, 1.54) is 22.3 Å². The maximum absolute atomic E-state index is 9.10. The number of hydrogen-bond donors (Lipinski definition) is 1. The van der Waals surface area contributed by atoms with Crippen LogP contribution in [0.1, 0.15) is 11.3 Å². The fourth-order valence-electron chi connectivity index (χ4n) is 3.50. The number of anilines is 1. The Bertz CT molecular complexity index is 683. The Morgan fingerprint density at radius 3 is 2.73 bits per heavy atom. The van der Waals surface area contributed by atoms with Crippen molar-refractivity contribution in [3.8, 4) is 0 Å². The summed E-state index contributed by atoms with van der Waals surface area (Å²) in [5.74, 6) is 2.12. The van der Waals surface area contributed by atoms with Crippen LogP contribution in [0, 0.1) is 0 Å². The monoisotopic (exact) mass is 315 g/mol. The summed E-state index contributed by atoms with van der Waals surface area (Å²) in [5, 5.41) is 10.4. The van der Waals surface area contributed by atoms with Crippen molar-refractivity contribution in [3.63, 3.8) is 0 Å². The Morgan fingerprint density at radius 1 is 1.09 bits per heavy atom. The molecule has 2 aliphatic heterocycles. The molecule has 0 amide bonds. The van der Waals surface area contributed by atoms with Gasteiger partial charge in [-0.15, -0.1) is 0 Å². The summed E-state index contributed by atoms with van der Waals surface area (Å²) in [7, 11) is 0. The highest BCUT2D eigenvalue weighted by molar-refractivity contribution is 7.98. The predicted molar refractivity (Wildman–Crippen MR) is 92.5 cm³/mol. The summed E-state index contributed by atoms with van der Waals surface area (Å²) < 4.78 is 0. The normalized spacial score (nSPS) is 18.9. The SMILES string of the molecule is OCCN1CCN(c2c3c(nc4ccccc24)CSC3)CC1. The molecule has 0 bridgehead atoms. The fourth-order valence-corrected chi connectivity index (χ4v) is 4.54. The number of aliphatic hydroxyl groups is 1. The lowest BCUT2D eigenvalue weighted by molar-refractivity contribution is 0.189. The van der Waals surface area contributed by atoms with Crippen molar-refractivity contribution in [1.29, 1.82) is 0 Å². The Kier molecular flexibility index (Phi) is 3.94. The van der Waals surface area contributed by atoms with E-state index < -0.39 is 0 Å². The van der Waals surface area contributed by atoms with Crippen molar-refractivity contribution in [2.75, 3.05) is 44.2 Å².